The lowest BCUT2D eigenvalue weighted by molar-refractivity contribution is -0.00917. The summed E-state index contributed by atoms with van der Waals surface area (Å²) in [6.07, 6.45) is 2.25. The molecule has 2 heterocycles. The Balaban J connectivity index is 1.86. The molecule has 6 heteroatoms. The van der Waals surface area contributed by atoms with Crippen LogP contribution in [0.1, 0.15) is 18.5 Å². The molecule has 1 aromatic rings. The summed E-state index contributed by atoms with van der Waals surface area (Å²) in [4.78, 5) is 6.84. The molecular weight excluding hydrogens is 278 g/mol. The van der Waals surface area contributed by atoms with Crippen LogP contribution in [0.5, 0.6) is 0 Å². The Kier molecular flexibility index (Phi) is 6.04. The fraction of sp³-hybridized carbons (Fsp3) is 0.643. The summed E-state index contributed by atoms with van der Waals surface area (Å²) in [5.74, 6) is 0.838. The van der Waals surface area contributed by atoms with Crippen molar-refractivity contribution >= 4 is 17.4 Å². The number of likely N-dealkylation sites (tertiary alicyclic amines) is 1. The molecule has 1 aliphatic rings. The van der Waals surface area contributed by atoms with Gasteiger partial charge in [-0.25, -0.2) is 4.98 Å². The van der Waals surface area contributed by atoms with Crippen molar-refractivity contribution in [3.63, 3.8) is 0 Å². The zero-order valence-corrected chi connectivity index (χ0v) is 12.6. The second-order valence-corrected chi connectivity index (χ2v) is 5.35. The van der Waals surface area contributed by atoms with E-state index in [4.69, 9.17) is 21.4 Å². The number of rotatable bonds is 6. The van der Waals surface area contributed by atoms with Crippen molar-refractivity contribution in [2.75, 3.05) is 38.7 Å². The molecule has 0 amide bonds. The lowest BCUT2D eigenvalue weighted by Gasteiger charge is -2.31. The van der Waals surface area contributed by atoms with Crippen molar-refractivity contribution in [3.05, 3.63) is 22.8 Å². The van der Waals surface area contributed by atoms with Gasteiger partial charge in [0.25, 0.3) is 0 Å². The third kappa shape index (κ3) is 4.31. The van der Waals surface area contributed by atoms with Crippen LogP contribution >= 0.6 is 11.6 Å². The number of hydrogen-bond donors (Lipinski definition) is 2. The first kappa shape index (κ1) is 15.5. The number of aliphatic hydroxyl groups excluding tert-OH is 1. The Morgan fingerprint density at radius 3 is 2.85 bits per heavy atom. The van der Waals surface area contributed by atoms with E-state index < -0.39 is 0 Å². The number of anilines is 1. The van der Waals surface area contributed by atoms with Crippen LogP contribution < -0.4 is 5.32 Å². The fourth-order valence-corrected chi connectivity index (χ4v) is 2.56. The van der Waals surface area contributed by atoms with Gasteiger partial charge in [-0.3, -0.25) is 4.90 Å². The highest BCUT2D eigenvalue weighted by molar-refractivity contribution is 6.31. The normalized spacial score (nSPS) is 17.4. The van der Waals surface area contributed by atoms with Crippen molar-refractivity contribution in [2.45, 2.75) is 25.5 Å². The van der Waals surface area contributed by atoms with E-state index in [0.29, 0.717) is 11.6 Å². The third-order valence-electron chi connectivity index (χ3n) is 3.53. The van der Waals surface area contributed by atoms with Gasteiger partial charge >= 0.3 is 0 Å². The van der Waals surface area contributed by atoms with Gasteiger partial charge in [-0.15, -0.1) is 0 Å². The quantitative estimate of drug-likeness (QED) is 0.838. The molecule has 5 nitrogen and oxygen atoms in total. The van der Waals surface area contributed by atoms with E-state index in [2.05, 4.69) is 15.2 Å². The van der Waals surface area contributed by atoms with Gasteiger partial charge in [0.05, 0.1) is 30.0 Å². The van der Waals surface area contributed by atoms with Crippen LogP contribution in [0, 0.1) is 0 Å². The molecule has 1 fully saturated rings. The second-order valence-electron chi connectivity index (χ2n) is 4.94. The molecule has 0 saturated carbocycles. The van der Waals surface area contributed by atoms with Crippen molar-refractivity contribution in [1.82, 2.24) is 9.88 Å². The van der Waals surface area contributed by atoms with E-state index in [0.717, 1.165) is 44.0 Å². The second kappa shape index (κ2) is 7.78. The number of hydrogen-bond acceptors (Lipinski definition) is 5. The Morgan fingerprint density at radius 2 is 2.20 bits per heavy atom. The molecular formula is C14H22ClN3O2. The Bertz CT molecular complexity index is 423. The highest BCUT2D eigenvalue weighted by atomic mass is 35.5. The molecule has 2 rings (SSSR count). The number of aromatic nitrogens is 1. The summed E-state index contributed by atoms with van der Waals surface area (Å²) in [5, 5.41) is 12.5. The zero-order valence-electron chi connectivity index (χ0n) is 11.8. The highest BCUT2D eigenvalue weighted by Gasteiger charge is 2.20. The average Bonchev–Trinajstić information content (AvgIpc) is 2.49. The molecule has 0 unspecified atom stereocenters. The van der Waals surface area contributed by atoms with Crippen molar-refractivity contribution in [2.24, 2.45) is 0 Å². The van der Waals surface area contributed by atoms with Crippen LogP contribution in [-0.2, 0) is 11.3 Å². The first-order valence-corrected chi connectivity index (χ1v) is 7.38. The van der Waals surface area contributed by atoms with Crippen molar-refractivity contribution < 1.29 is 9.84 Å². The monoisotopic (exact) mass is 299 g/mol. The topological polar surface area (TPSA) is 57.6 Å². The van der Waals surface area contributed by atoms with Gasteiger partial charge in [0, 0.05) is 26.7 Å². The number of pyridine rings is 1. The number of piperidine rings is 1. The first-order chi connectivity index (χ1) is 9.72. The minimum absolute atomic E-state index is 0.0938. The number of ether oxygens (including phenoxy) is 1. The summed E-state index contributed by atoms with van der Waals surface area (Å²) in [5.41, 5.74) is 0.910. The predicted molar refractivity (Wildman–Crippen MR) is 80.1 cm³/mol. The van der Waals surface area contributed by atoms with Crippen LogP contribution in [0.15, 0.2) is 12.1 Å². The Hall–Kier alpha value is -0.880. The summed E-state index contributed by atoms with van der Waals surface area (Å²) >= 11 is 6.20. The zero-order chi connectivity index (χ0) is 14.4. The van der Waals surface area contributed by atoms with E-state index in [1.165, 1.54) is 0 Å². The summed E-state index contributed by atoms with van der Waals surface area (Å²) in [6, 6.07) is 3.76. The maximum absolute atomic E-state index is 8.76. The van der Waals surface area contributed by atoms with E-state index in [1.807, 2.05) is 19.2 Å². The molecule has 20 heavy (non-hydrogen) atoms. The number of nitrogens with zero attached hydrogens (tertiary/aromatic N) is 2. The molecule has 0 spiro atoms. The maximum atomic E-state index is 8.76. The molecule has 2 N–H and O–H groups in total. The van der Waals surface area contributed by atoms with Crippen LogP contribution in [0.2, 0.25) is 5.02 Å². The molecule has 0 bridgehead atoms. The SMILES string of the molecule is CNc1ccc(Cl)c(CN2CCC(OCCO)CC2)n1. The van der Waals surface area contributed by atoms with Crippen LogP contribution in [-0.4, -0.2) is 54.4 Å². The summed E-state index contributed by atoms with van der Waals surface area (Å²) in [7, 11) is 1.85. The largest absolute Gasteiger partial charge is 0.394 e. The maximum Gasteiger partial charge on any atom is 0.126 e. The van der Waals surface area contributed by atoms with Gasteiger partial charge < -0.3 is 15.2 Å². The smallest absolute Gasteiger partial charge is 0.126 e. The molecule has 1 saturated heterocycles. The number of nitrogens with one attached hydrogen (secondary N) is 1. The van der Waals surface area contributed by atoms with Crippen LogP contribution in [0.25, 0.3) is 0 Å². The molecule has 0 atom stereocenters. The molecule has 0 radical (unpaired) electrons. The van der Waals surface area contributed by atoms with Gasteiger partial charge in [-0.05, 0) is 25.0 Å². The van der Waals surface area contributed by atoms with E-state index in [1.54, 1.807) is 0 Å². The summed E-state index contributed by atoms with van der Waals surface area (Å²) < 4.78 is 5.56. The van der Waals surface area contributed by atoms with Gasteiger partial charge in [-0.2, -0.15) is 0 Å². The molecule has 112 valence electrons. The van der Waals surface area contributed by atoms with E-state index in [9.17, 15) is 0 Å². The fourth-order valence-electron chi connectivity index (χ4n) is 2.40. The number of aliphatic hydroxyl groups is 1. The molecule has 0 aliphatic carbocycles. The predicted octanol–water partition coefficient (Wildman–Crippen LogP) is 1.75. The standard InChI is InChI=1S/C14H22ClN3O2/c1-16-14-3-2-12(15)13(17-14)10-18-6-4-11(5-7-18)20-9-8-19/h2-3,11,19H,4-10H2,1H3,(H,16,17). The molecule has 0 aromatic carbocycles. The first-order valence-electron chi connectivity index (χ1n) is 7.01. The lowest BCUT2D eigenvalue weighted by Crippen LogP contribution is -2.37. The van der Waals surface area contributed by atoms with Gasteiger partial charge in [0.15, 0.2) is 0 Å². The Morgan fingerprint density at radius 1 is 1.45 bits per heavy atom. The third-order valence-corrected chi connectivity index (χ3v) is 3.87. The van der Waals surface area contributed by atoms with Crippen molar-refractivity contribution in [1.29, 1.82) is 0 Å². The summed E-state index contributed by atoms with van der Waals surface area (Å²) in [6.45, 7) is 3.23. The molecule has 1 aromatic heterocycles. The minimum Gasteiger partial charge on any atom is -0.394 e. The van der Waals surface area contributed by atoms with Gasteiger partial charge in [0.1, 0.15) is 5.82 Å². The van der Waals surface area contributed by atoms with Crippen molar-refractivity contribution in [3.8, 4) is 0 Å². The average molecular weight is 300 g/mol. The van der Waals surface area contributed by atoms with Crippen LogP contribution in [0.4, 0.5) is 5.82 Å². The van der Waals surface area contributed by atoms with Crippen LogP contribution in [0.3, 0.4) is 0 Å². The Labute approximate surface area is 124 Å². The molecule has 1 aliphatic heterocycles. The van der Waals surface area contributed by atoms with Gasteiger partial charge in [0.2, 0.25) is 0 Å². The van der Waals surface area contributed by atoms with Gasteiger partial charge in [-0.1, -0.05) is 11.6 Å². The van der Waals surface area contributed by atoms with E-state index in [-0.39, 0.29) is 12.7 Å². The van der Waals surface area contributed by atoms with E-state index >= 15 is 0 Å². The highest BCUT2D eigenvalue weighted by Crippen LogP contribution is 2.21. The number of halogens is 1. The minimum atomic E-state index is 0.0938. The lowest BCUT2D eigenvalue weighted by atomic mass is 10.1.